The summed E-state index contributed by atoms with van der Waals surface area (Å²) < 4.78 is 6.78. The normalized spacial score (nSPS) is 18.4. The fourth-order valence-electron chi connectivity index (χ4n) is 4.52. The molecule has 1 saturated heterocycles. The Morgan fingerprint density at radius 2 is 1.94 bits per heavy atom. The summed E-state index contributed by atoms with van der Waals surface area (Å²) in [7, 11) is 3.98. The third-order valence-electron chi connectivity index (χ3n) is 6.49. The zero-order chi connectivity index (χ0) is 22.8. The second kappa shape index (κ2) is 9.58. The highest BCUT2D eigenvalue weighted by atomic mass is 79.9. The molecule has 2 amide bonds. The van der Waals surface area contributed by atoms with Gasteiger partial charge in [0.05, 0.1) is 11.3 Å². The molecule has 1 aromatic carbocycles. The first kappa shape index (κ1) is 22.7. The Hall–Kier alpha value is -2.45. The first-order valence-corrected chi connectivity index (χ1v) is 11.9. The lowest BCUT2D eigenvalue weighted by molar-refractivity contribution is 0.0625. The van der Waals surface area contributed by atoms with E-state index in [9.17, 15) is 9.59 Å². The number of aryl methyl sites for hydroxylation is 1. The molecule has 1 N–H and O–H groups in total. The van der Waals surface area contributed by atoms with Gasteiger partial charge < -0.3 is 14.2 Å². The zero-order valence-electron chi connectivity index (χ0n) is 18.8. The number of hydrazone groups is 1. The quantitative estimate of drug-likeness (QED) is 0.643. The number of benzene rings is 1. The van der Waals surface area contributed by atoms with Gasteiger partial charge in [0.25, 0.3) is 11.8 Å². The van der Waals surface area contributed by atoms with Gasteiger partial charge in [0.2, 0.25) is 0 Å². The number of furan rings is 1. The van der Waals surface area contributed by atoms with Gasteiger partial charge in [0.1, 0.15) is 5.76 Å². The van der Waals surface area contributed by atoms with Crippen LogP contribution in [-0.2, 0) is 6.42 Å². The summed E-state index contributed by atoms with van der Waals surface area (Å²) in [5.74, 6) is 0.811. The molecule has 2 aliphatic rings. The molecule has 0 bridgehead atoms. The van der Waals surface area contributed by atoms with Gasteiger partial charge >= 0.3 is 0 Å². The van der Waals surface area contributed by atoms with Crippen LogP contribution in [0, 0.1) is 6.92 Å². The molecule has 8 heteroatoms. The van der Waals surface area contributed by atoms with E-state index in [1.165, 1.54) is 0 Å². The molecule has 4 rings (SSSR count). The van der Waals surface area contributed by atoms with Crippen molar-refractivity contribution in [3.63, 3.8) is 0 Å². The maximum absolute atomic E-state index is 13.3. The van der Waals surface area contributed by atoms with Crippen LogP contribution in [0.4, 0.5) is 0 Å². The van der Waals surface area contributed by atoms with Crippen LogP contribution in [-0.4, -0.2) is 60.6 Å². The lowest BCUT2D eigenvalue weighted by Gasteiger charge is -2.34. The molecule has 0 atom stereocenters. The number of hydrogen-bond acceptors (Lipinski definition) is 5. The van der Waals surface area contributed by atoms with Crippen molar-refractivity contribution in [2.75, 3.05) is 27.2 Å². The van der Waals surface area contributed by atoms with E-state index in [4.69, 9.17) is 4.42 Å². The maximum atomic E-state index is 13.3. The van der Waals surface area contributed by atoms with Crippen molar-refractivity contribution < 1.29 is 14.0 Å². The summed E-state index contributed by atoms with van der Waals surface area (Å²) in [6.45, 7) is 3.89. The summed E-state index contributed by atoms with van der Waals surface area (Å²) in [6.07, 6.45) is 4.28. The standard InChI is InChI=1S/C24H29BrN4O3/c1-15-21-19(26-27-23(30)17-7-4-5-8-18(17)25)9-6-10-20(21)32-22(15)24(31)29(3)16-11-13-28(2)14-12-16/h4-5,7-8,16H,6,9-14H2,1-3H3,(H,27,30)/b26-19+. The highest BCUT2D eigenvalue weighted by Gasteiger charge is 2.32. The predicted molar refractivity (Wildman–Crippen MR) is 127 cm³/mol. The van der Waals surface area contributed by atoms with Crippen LogP contribution in [0.15, 0.2) is 38.3 Å². The van der Waals surface area contributed by atoms with Crippen LogP contribution in [0.2, 0.25) is 0 Å². The van der Waals surface area contributed by atoms with Crippen molar-refractivity contribution in [2.45, 2.75) is 45.1 Å². The molecular weight excluding hydrogens is 472 g/mol. The minimum absolute atomic E-state index is 0.0805. The molecule has 2 heterocycles. The lowest BCUT2D eigenvalue weighted by atomic mass is 9.93. The number of amides is 2. The number of fused-ring (bicyclic) bond motifs is 1. The number of nitrogens with one attached hydrogen (secondary N) is 1. The molecule has 0 saturated carbocycles. The van der Waals surface area contributed by atoms with Crippen molar-refractivity contribution in [2.24, 2.45) is 5.10 Å². The molecule has 170 valence electrons. The van der Waals surface area contributed by atoms with E-state index >= 15 is 0 Å². The van der Waals surface area contributed by atoms with Crippen molar-refractivity contribution >= 4 is 33.5 Å². The smallest absolute Gasteiger partial charge is 0.289 e. The molecule has 2 aromatic rings. The number of nitrogens with zero attached hydrogens (tertiary/aromatic N) is 3. The maximum Gasteiger partial charge on any atom is 0.289 e. The third kappa shape index (κ3) is 4.52. The molecule has 32 heavy (non-hydrogen) atoms. The third-order valence-corrected chi connectivity index (χ3v) is 7.18. The first-order valence-electron chi connectivity index (χ1n) is 11.1. The summed E-state index contributed by atoms with van der Waals surface area (Å²) >= 11 is 3.40. The number of carbonyl (C=O) groups is 2. The minimum atomic E-state index is -0.281. The highest BCUT2D eigenvalue weighted by molar-refractivity contribution is 9.10. The largest absolute Gasteiger partial charge is 0.455 e. The Labute approximate surface area is 197 Å². The van der Waals surface area contributed by atoms with Gasteiger partial charge in [0, 0.05) is 35.1 Å². The van der Waals surface area contributed by atoms with E-state index in [1.54, 1.807) is 6.07 Å². The predicted octanol–water partition coefficient (Wildman–Crippen LogP) is 3.99. The SMILES string of the molecule is Cc1c(C(=O)N(C)C2CCN(C)CC2)oc2c1/C(=N/NC(=O)c1ccccc1Br)CCC2. The van der Waals surface area contributed by atoms with Crippen LogP contribution in [0.1, 0.15) is 63.5 Å². The monoisotopic (exact) mass is 500 g/mol. The molecular formula is C24H29BrN4O3. The number of hydrogen-bond donors (Lipinski definition) is 1. The average Bonchev–Trinajstić information content (AvgIpc) is 3.14. The molecule has 7 nitrogen and oxygen atoms in total. The first-order chi connectivity index (χ1) is 15.4. The number of rotatable bonds is 4. The van der Waals surface area contributed by atoms with E-state index in [0.717, 1.165) is 67.8 Å². The van der Waals surface area contributed by atoms with Gasteiger partial charge in [-0.25, -0.2) is 5.43 Å². The van der Waals surface area contributed by atoms with Gasteiger partial charge in [-0.1, -0.05) is 12.1 Å². The molecule has 1 fully saturated rings. The Kier molecular flexibility index (Phi) is 6.81. The molecule has 1 aliphatic heterocycles. The summed E-state index contributed by atoms with van der Waals surface area (Å²) in [4.78, 5) is 30.0. The Morgan fingerprint density at radius 1 is 1.22 bits per heavy atom. The fraction of sp³-hybridized carbons (Fsp3) is 0.458. The highest BCUT2D eigenvalue weighted by Crippen LogP contribution is 2.31. The second-order valence-electron chi connectivity index (χ2n) is 8.64. The van der Waals surface area contributed by atoms with Crippen LogP contribution >= 0.6 is 15.9 Å². The van der Waals surface area contributed by atoms with E-state index in [1.807, 2.05) is 37.1 Å². The van der Waals surface area contributed by atoms with Crippen molar-refractivity contribution in [3.8, 4) is 0 Å². The lowest BCUT2D eigenvalue weighted by Crippen LogP contribution is -2.44. The fourth-order valence-corrected chi connectivity index (χ4v) is 4.98. The van der Waals surface area contributed by atoms with Gasteiger partial charge in [-0.3, -0.25) is 9.59 Å². The summed E-state index contributed by atoms with van der Waals surface area (Å²) in [6, 6.07) is 7.45. The van der Waals surface area contributed by atoms with Crippen molar-refractivity contribution in [1.82, 2.24) is 15.2 Å². The summed E-state index contributed by atoms with van der Waals surface area (Å²) in [5, 5.41) is 4.42. The van der Waals surface area contributed by atoms with Crippen molar-refractivity contribution in [1.29, 1.82) is 0 Å². The van der Waals surface area contributed by atoms with E-state index in [2.05, 4.69) is 38.4 Å². The molecule has 0 unspecified atom stereocenters. The zero-order valence-corrected chi connectivity index (χ0v) is 20.4. The molecule has 0 spiro atoms. The van der Waals surface area contributed by atoms with Gasteiger partial charge in [0.15, 0.2) is 5.76 Å². The van der Waals surface area contributed by atoms with Gasteiger partial charge in [-0.2, -0.15) is 5.10 Å². The van der Waals surface area contributed by atoms with Crippen LogP contribution in [0.3, 0.4) is 0 Å². The summed E-state index contributed by atoms with van der Waals surface area (Å²) in [5.41, 5.74) is 5.62. The van der Waals surface area contributed by atoms with Crippen LogP contribution in [0.5, 0.6) is 0 Å². The number of likely N-dealkylation sites (tertiary alicyclic amines) is 1. The van der Waals surface area contributed by atoms with Crippen molar-refractivity contribution in [3.05, 3.63) is 56.9 Å². The minimum Gasteiger partial charge on any atom is -0.455 e. The second-order valence-corrected chi connectivity index (χ2v) is 9.49. The van der Waals surface area contributed by atoms with E-state index < -0.39 is 0 Å². The molecule has 0 radical (unpaired) electrons. The Balaban J connectivity index is 1.55. The molecule has 1 aromatic heterocycles. The molecule has 1 aliphatic carbocycles. The van der Waals surface area contributed by atoms with E-state index in [0.29, 0.717) is 15.8 Å². The topological polar surface area (TPSA) is 78.2 Å². The number of piperidine rings is 1. The Bertz CT molecular complexity index is 1050. The number of halogens is 1. The van der Waals surface area contributed by atoms with Gasteiger partial charge in [-0.15, -0.1) is 0 Å². The van der Waals surface area contributed by atoms with Crippen LogP contribution < -0.4 is 5.43 Å². The number of carbonyl (C=O) groups excluding carboxylic acids is 2. The average molecular weight is 501 g/mol. The van der Waals surface area contributed by atoms with Gasteiger partial charge in [-0.05, 0) is 80.8 Å². The van der Waals surface area contributed by atoms with Crippen LogP contribution in [0.25, 0.3) is 0 Å². The Morgan fingerprint density at radius 3 is 2.66 bits per heavy atom. The van der Waals surface area contributed by atoms with E-state index in [-0.39, 0.29) is 17.9 Å².